The van der Waals surface area contributed by atoms with Crippen molar-refractivity contribution in [1.29, 1.82) is 0 Å². The fourth-order valence-electron chi connectivity index (χ4n) is 7.29. The van der Waals surface area contributed by atoms with Gasteiger partial charge in [-0.15, -0.1) is 0 Å². The van der Waals surface area contributed by atoms with Crippen molar-refractivity contribution in [2.24, 2.45) is 10.8 Å². The molecule has 36 heavy (non-hydrogen) atoms. The lowest BCUT2D eigenvalue weighted by Gasteiger charge is -2.67. The van der Waals surface area contributed by atoms with Gasteiger partial charge in [-0.2, -0.15) is 0 Å². The van der Waals surface area contributed by atoms with Crippen LogP contribution < -0.4 is 0 Å². The Morgan fingerprint density at radius 3 is 1.33 bits per heavy atom. The van der Waals surface area contributed by atoms with E-state index in [1.807, 2.05) is 0 Å². The van der Waals surface area contributed by atoms with Crippen LogP contribution in [0.3, 0.4) is 0 Å². The summed E-state index contributed by atoms with van der Waals surface area (Å²) in [7, 11) is 0. The summed E-state index contributed by atoms with van der Waals surface area (Å²) in [5.41, 5.74) is -0.862. The van der Waals surface area contributed by atoms with Crippen molar-refractivity contribution in [3.63, 3.8) is 0 Å². The van der Waals surface area contributed by atoms with Crippen molar-refractivity contribution >= 4 is 23.9 Å². The molecular weight excluding hydrogens is 464 g/mol. The maximum atomic E-state index is 12.8. The molecule has 0 N–H and O–H groups in total. The predicted octanol–water partition coefficient (Wildman–Crippen LogP) is 4.74. The molecule has 0 aromatic rings. The van der Waals surface area contributed by atoms with Crippen molar-refractivity contribution in [2.45, 2.75) is 103 Å². The van der Waals surface area contributed by atoms with E-state index in [9.17, 15) is 19.2 Å². The smallest absolute Gasteiger partial charge is 0.333 e. The Kier molecular flexibility index (Phi) is 8.06. The molecule has 200 valence electrons. The SMILES string of the molecule is C=C(C)C(=O)OCCCC(=O)OC12CC3(C)CC(C)(C1)CC(OC(=O)CCCOC(=O)C(=C)C)(C3)C2. The monoisotopic (exact) mass is 504 g/mol. The summed E-state index contributed by atoms with van der Waals surface area (Å²) >= 11 is 0. The molecule has 0 aromatic heterocycles. The average molecular weight is 505 g/mol. The molecule has 0 amide bonds. The number of hydrogen-bond donors (Lipinski definition) is 0. The van der Waals surface area contributed by atoms with Gasteiger partial charge in [-0.05, 0) is 69.6 Å². The molecule has 0 unspecified atom stereocenters. The molecule has 0 saturated heterocycles. The molecule has 8 heteroatoms. The van der Waals surface area contributed by atoms with E-state index in [0.29, 0.717) is 30.4 Å². The number of carbonyl (C=O) groups excluding carboxylic acids is 4. The minimum absolute atomic E-state index is 0.0852. The molecule has 0 aliphatic heterocycles. The first kappa shape index (κ1) is 27.9. The number of rotatable bonds is 12. The molecule has 4 bridgehead atoms. The van der Waals surface area contributed by atoms with Gasteiger partial charge >= 0.3 is 23.9 Å². The highest BCUT2D eigenvalue weighted by atomic mass is 16.6. The van der Waals surface area contributed by atoms with E-state index >= 15 is 0 Å². The highest BCUT2D eigenvalue weighted by molar-refractivity contribution is 5.87. The zero-order valence-corrected chi connectivity index (χ0v) is 22.2. The molecule has 0 aromatic carbocycles. The average Bonchev–Trinajstić information content (AvgIpc) is 2.70. The quantitative estimate of drug-likeness (QED) is 0.162. The van der Waals surface area contributed by atoms with Crippen LogP contribution in [-0.2, 0) is 38.1 Å². The van der Waals surface area contributed by atoms with Crippen LogP contribution in [0.15, 0.2) is 24.3 Å². The zero-order chi connectivity index (χ0) is 26.8. The van der Waals surface area contributed by atoms with Crippen molar-refractivity contribution < 1.29 is 38.1 Å². The van der Waals surface area contributed by atoms with Gasteiger partial charge < -0.3 is 18.9 Å². The van der Waals surface area contributed by atoms with Gasteiger partial charge in [-0.3, -0.25) is 9.59 Å². The van der Waals surface area contributed by atoms with Gasteiger partial charge in [0.2, 0.25) is 0 Å². The lowest BCUT2D eigenvalue weighted by Crippen LogP contribution is -2.67. The lowest BCUT2D eigenvalue weighted by atomic mass is 9.42. The van der Waals surface area contributed by atoms with Gasteiger partial charge in [0, 0.05) is 30.4 Å². The van der Waals surface area contributed by atoms with E-state index in [4.69, 9.17) is 18.9 Å². The summed E-state index contributed by atoms with van der Waals surface area (Å²) in [6.45, 7) is 14.9. The molecule has 4 aliphatic rings. The Morgan fingerprint density at radius 2 is 1.00 bits per heavy atom. The van der Waals surface area contributed by atoms with Crippen LogP contribution in [0.1, 0.15) is 91.9 Å². The number of hydrogen-bond acceptors (Lipinski definition) is 8. The molecule has 8 nitrogen and oxygen atoms in total. The van der Waals surface area contributed by atoms with Crippen molar-refractivity contribution in [3.05, 3.63) is 24.3 Å². The number of esters is 4. The minimum Gasteiger partial charge on any atom is -0.462 e. The van der Waals surface area contributed by atoms with Gasteiger partial charge in [0.05, 0.1) is 13.2 Å². The van der Waals surface area contributed by atoms with Crippen molar-refractivity contribution in [1.82, 2.24) is 0 Å². The van der Waals surface area contributed by atoms with E-state index in [1.54, 1.807) is 13.8 Å². The third-order valence-corrected chi connectivity index (χ3v) is 7.37. The van der Waals surface area contributed by atoms with Gasteiger partial charge in [0.1, 0.15) is 11.2 Å². The van der Waals surface area contributed by atoms with E-state index in [2.05, 4.69) is 27.0 Å². The first-order valence-corrected chi connectivity index (χ1v) is 12.8. The fraction of sp³-hybridized carbons (Fsp3) is 0.714. The summed E-state index contributed by atoms with van der Waals surface area (Å²) in [5, 5.41) is 0. The van der Waals surface area contributed by atoms with Crippen molar-refractivity contribution in [3.8, 4) is 0 Å². The van der Waals surface area contributed by atoms with Gasteiger partial charge in [-0.25, -0.2) is 9.59 Å². The largest absolute Gasteiger partial charge is 0.462 e. The summed E-state index contributed by atoms with van der Waals surface area (Å²) < 4.78 is 22.4. The molecule has 0 radical (unpaired) electrons. The minimum atomic E-state index is -0.666. The molecule has 4 fully saturated rings. The Balaban J connectivity index is 1.58. The van der Waals surface area contributed by atoms with Gasteiger partial charge in [0.15, 0.2) is 0 Å². The van der Waals surface area contributed by atoms with Gasteiger partial charge in [0.25, 0.3) is 0 Å². The zero-order valence-electron chi connectivity index (χ0n) is 22.2. The summed E-state index contributed by atoms with van der Waals surface area (Å²) in [6, 6.07) is 0. The lowest BCUT2D eigenvalue weighted by molar-refractivity contribution is -0.267. The molecule has 4 saturated carbocycles. The standard InChI is InChI=1S/C28H40O8/c1-19(2)23(31)33-11-7-9-21(29)35-27-14-25(5)13-26(6,15-27)17-28(16-25,18-27)36-22(30)10-8-12-34-24(32)20(3)4/h1,3,7-18H2,2,4-6H3. The Hall–Kier alpha value is -2.64. The normalized spacial score (nSPS) is 31.9. The maximum Gasteiger partial charge on any atom is 0.333 e. The second kappa shape index (κ2) is 10.4. The molecular formula is C28H40O8. The predicted molar refractivity (Wildman–Crippen MR) is 132 cm³/mol. The molecule has 0 spiro atoms. The number of ether oxygens (including phenoxy) is 4. The van der Waals surface area contributed by atoms with Crippen LogP contribution in [-0.4, -0.2) is 48.3 Å². The van der Waals surface area contributed by atoms with Crippen LogP contribution >= 0.6 is 0 Å². The Bertz CT molecular complexity index is 859. The van der Waals surface area contributed by atoms with Crippen LogP contribution in [0.25, 0.3) is 0 Å². The van der Waals surface area contributed by atoms with Crippen molar-refractivity contribution in [2.75, 3.05) is 13.2 Å². The summed E-state index contributed by atoms with van der Waals surface area (Å²) in [4.78, 5) is 48.6. The second-order valence-corrected chi connectivity index (χ2v) is 12.0. The fourth-order valence-corrected chi connectivity index (χ4v) is 7.29. The van der Waals surface area contributed by atoms with Gasteiger partial charge in [-0.1, -0.05) is 27.0 Å². The summed E-state index contributed by atoms with van der Waals surface area (Å²) in [6.07, 6.45) is 5.55. The first-order chi connectivity index (χ1) is 16.7. The highest BCUT2D eigenvalue weighted by Gasteiger charge is 2.68. The van der Waals surface area contributed by atoms with E-state index in [-0.39, 0.29) is 48.8 Å². The second-order valence-electron chi connectivity index (χ2n) is 12.0. The van der Waals surface area contributed by atoms with E-state index in [1.165, 1.54) is 0 Å². The third-order valence-electron chi connectivity index (χ3n) is 7.37. The molecule has 4 aliphatic carbocycles. The third kappa shape index (κ3) is 6.77. The van der Waals surface area contributed by atoms with Crippen LogP contribution in [0.2, 0.25) is 0 Å². The number of carbonyl (C=O) groups is 4. The Labute approximate surface area is 213 Å². The maximum absolute atomic E-state index is 12.8. The van der Waals surface area contributed by atoms with Crippen LogP contribution in [0, 0.1) is 10.8 Å². The topological polar surface area (TPSA) is 105 Å². The highest BCUT2D eigenvalue weighted by Crippen LogP contribution is 2.69. The van der Waals surface area contributed by atoms with E-state index < -0.39 is 23.1 Å². The molecule has 0 atom stereocenters. The van der Waals surface area contributed by atoms with E-state index in [0.717, 1.165) is 32.1 Å². The van der Waals surface area contributed by atoms with Crippen LogP contribution in [0.4, 0.5) is 0 Å². The van der Waals surface area contributed by atoms with Crippen LogP contribution in [0.5, 0.6) is 0 Å². The first-order valence-electron chi connectivity index (χ1n) is 12.8. The summed E-state index contributed by atoms with van der Waals surface area (Å²) in [5.74, 6) is -1.58. The molecule has 0 heterocycles. The molecule has 4 rings (SSSR count). The Morgan fingerprint density at radius 1 is 0.639 bits per heavy atom.